The highest BCUT2D eigenvalue weighted by Crippen LogP contribution is 2.55. The minimum atomic E-state index is 0.356. The normalized spacial score (nSPS) is 16.9. The summed E-state index contributed by atoms with van der Waals surface area (Å²) in [5.41, 5.74) is 11.6. The lowest BCUT2D eigenvalue weighted by Crippen LogP contribution is -2.14. The van der Waals surface area contributed by atoms with E-state index in [-0.39, 0.29) is 0 Å². The van der Waals surface area contributed by atoms with Gasteiger partial charge in [0.2, 0.25) is 0 Å². The maximum atomic E-state index is 2.40. The molecule has 0 saturated heterocycles. The molecule has 0 bridgehead atoms. The zero-order valence-corrected chi connectivity index (χ0v) is 15.9. The first kappa shape index (κ1) is 16.3. The summed E-state index contributed by atoms with van der Waals surface area (Å²) in [7, 11) is 0. The Kier molecular flexibility index (Phi) is 3.86. The second-order valence-corrected chi connectivity index (χ2v) is 7.83. The summed E-state index contributed by atoms with van der Waals surface area (Å²) in [6.45, 7) is 4.60. The zero-order chi connectivity index (χ0) is 18.4. The lowest BCUT2D eigenvalue weighted by Gasteiger charge is -2.29. The quantitative estimate of drug-likeness (QED) is 0.467. The highest BCUT2D eigenvalue weighted by atomic mass is 14.4. The van der Waals surface area contributed by atoms with Gasteiger partial charge in [-0.25, -0.2) is 0 Å². The summed E-state index contributed by atoms with van der Waals surface area (Å²) in [5.74, 6) is 0.723. The molecule has 0 radical (unpaired) electrons. The van der Waals surface area contributed by atoms with Crippen LogP contribution in [0.4, 0.5) is 0 Å². The summed E-state index contributed by atoms with van der Waals surface area (Å²) in [6, 6.07) is 29.1. The van der Waals surface area contributed by atoms with Gasteiger partial charge in [0, 0.05) is 11.8 Å². The lowest BCUT2D eigenvalue weighted by atomic mass is 9.73. The van der Waals surface area contributed by atoms with Crippen molar-refractivity contribution < 1.29 is 0 Å². The van der Waals surface area contributed by atoms with Gasteiger partial charge in [-0.1, -0.05) is 96.1 Å². The second kappa shape index (κ2) is 6.39. The van der Waals surface area contributed by atoms with Crippen LogP contribution in [-0.4, -0.2) is 0 Å². The van der Waals surface area contributed by atoms with Crippen molar-refractivity contribution in [2.24, 2.45) is 0 Å². The molecular formula is C27H24. The van der Waals surface area contributed by atoms with Crippen molar-refractivity contribution in [3.05, 3.63) is 118 Å². The Hall–Kier alpha value is -2.86. The summed E-state index contributed by atoms with van der Waals surface area (Å²) >= 11 is 0. The third-order valence-corrected chi connectivity index (χ3v) is 6.28. The van der Waals surface area contributed by atoms with Crippen molar-refractivity contribution in [3.63, 3.8) is 0 Å². The summed E-state index contributed by atoms with van der Waals surface area (Å²) in [6.07, 6.45) is 3.48. The molecule has 0 amide bonds. The van der Waals surface area contributed by atoms with E-state index < -0.39 is 0 Å². The molecule has 0 unspecified atom stereocenters. The molecule has 0 aliphatic heterocycles. The molecule has 1 atom stereocenters. The predicted octanol–water partition coefficient (Wildman–Crippen LogP) is 7.25. The smallest absolute Gasteiger partial charge is 0.0211 e. The topological polar surface area (TPSA) is 0 Å². The fourth-order valence-electron chi connectivity index (χ4n) is 5.11. The van der Waals surface area contributed by atoms with Crippen LogP contribution in [0.5, 0.6) is 0 Å². The van der Waals surface area contributed by atoms with Gasteiger partial charge in [-0.3, -0.25) is 0 Å². The molecule has 0 N–H and O–H groups in total. The third-order valence-electron chi connectivity index (χ3n) is 6.28. The van der Waals surface area contributed by atoms with Gasteiger partial charge >= 0.3 is 0 Å². The number of hydrogen-bond acceptors (Lipinski definition) is 0. The summed E-state index contributed by atoms with van der Waals surface area (Å²) in [5, 5.41) is 0. The molecular weight excluding hydrogens is 324 g/mol. The van der Waals surface area contributed by atoms with Crippen LogP contribution in [-0.2, 0) is 0 Å². The van der Waals surface area contributed by atoms with Crippen molar-refractivity contribution in [3.8, 4) is 11.1 Å². The molecule has 2 aliphatic rings. The molecule has 0 saturated carbocycles. The molecule has 132 valence electrons. The molecule has 0 heterocycles. The first-order valence-electron chi connectivity index (χ1n) is 9.85. The highest BCUT2D eigenvalue weighted by molar-refractivity contribution is 5.80. The Morgan fingerprint density at radius 2 is 1.26 bits per heavy atom. The van der Waals surface area contributed by atoms with Gasteiger partial charge in [0.25, 0.3) is 0 Å². The maximum Gasteiger partial charge on any atom is 0.0211 e. The van der Waals surface area contributed by atoms with E-state index >= 15 is 0 Å². The van der Waals surface area contributed by atoms with Crippen LogP contribution in [0.25, 0.3) is 11.1 Å². The van der Waals surface area contributed by atoms with Crippen LogP contribution in [0.15, 0.2) is 102 Å². The van der Waals surface area contributed by atoms with E-state index in [0.717, 1.165) is 6.42 Å². The van der Waals surface area contributed by atoms with Crippen molar-refractivity contribution in [1.29, 1.82) is 0 Å². The summed E-state index contributed by atoms with van der Waals surface area (Å²) in [4.78, 5) is 0. The van der Waals surface area contributed by atoms with Gasteiger partial charge < -0.3 is 0 Å². The minimum absolute atomic E-state index is 0.356. The van der Waals surface area contributed by atoms with E-state index in [0.29, 0.717) is 11.8 Å². The van der Waals surface area contributed by atoms with Crippen molar-refractivity contribution in [2.45, 2.75) is 32.1 Å². The zero-order valence-electron chi connectivity index (χ0n) is 15.9. The summed E-state index contributed by atoms with van der Waals surface area (Å²) < 4.78 is 0. The number of allylic oxidation sites excluding steroid dienone is 4. The van der Waals surface area contributed by atoms with Gasteiger partial charge in [0.1, 0.15) is 0 Å². The standard InChI is InChI=1S/C27H24/c1-18-16-17-19(2)25(18)26(20-10-4-3-5-11-20)27-23-14-8-6-12-21(23)22-13-7-9-15-24(22)27/h3-16,26-27H,17H2,1-2H3/t26-/m1/s1. The average molecular weight is 348 g/mol. The van der Waals surface area contributed by atoms with Crippen LogP contribution in [0.3, 0.4) is 0 Å². The highest BCUT2D eigenvalue weighted by Gasteiger charge is 2.38. The van der Waals surface area contributed by atoms with Gasteiger partial charge in [-0.15, -0.1) is 0 Å². The molecule has 0 heteroatoms. The van der Waals surface area contributed by atoms with E-state index in [4.69, 9.17) is 0 Å². The molecule has 3 aromatic rings. The largest absolute Gasteiger partial charge is 0.0772 e. The monoisotopic (exact) mass is 348 g/mol. The van der Waals surface area contributed by atoms with E-state index in [2.05, 4.69) is 98.8 Å². The van der Waals surface area contributed by atoms with Crippen molar-refractivity contribution in [2.75, 3.05) is 0 Å². The maximum absolute atomic E-state index is 2.40. The second-order valence-electron chi connectivity index (χ2n) is 7.83. The molecule has 0 aromatic heterocycles. The SMILES string of the molecule is CC1=CCC(C)=C1[C@@H](c1ccccc1)C1c2ccccc2-c2ccccc21. The first-order valence-corrected chi connectivity index (χ1v) is 9.85. The number of fused-ring (bicyclic) bond motifs is 3. The lowest BCUT2D eigenvalue weighted by molar-refractivity contribution is 0.696. The van der Waals surface area contributed by atoms with E-state index in [1.54, 1.807) is 0 Å². The van der Waals surface area contributed by atoms with Crippen molar-refractivity contribution >= 4 is 0 Å². The Labute approximate surface area is 161 Å². The third kappa shape index (κ3) is 2.51. The fourth-order valence-corrected chi connectivity index (χ4v) is 5.11. The fraction of sp³-hybridized carbons (Fsp3) is 0.185. The van der Waals surface area contributed by atoms with Crippen molar-refractivity contribution in [1.82, 2.24) is 0 Å². The molecule has 0 nitrogen and oxygen atoms in total. The van der Waals surface area contributed by atoms with Crippen LogP contribution >= 0.6 is 0 Å². The van der Waals surface area contributed by atoms with Gasteiger partial charge in [0.15, 0.2) is 0 Å². The Morgan fingerprint density at radius 1 is 0.704 bits per heavy atom. The molecule has 2 aliphatic carbocycles. The first-order chi connectivity index (χ1) is 13.3. The number of hydrogen-bond donors (Lipinski definition) is 0. The molecule has 3 aromatic carbocycles. The number of rotatable bonds is 3. The van der Waals surface area contributed by atoms with Crippen LogP contribution in [0.2, 0.25) is 0 Å². The van der Waals surface area contributed by atoms with E-state index in [9.17, 15) is 0 Å². The van der Waals surface area contributed by atoms with Crippen LogP contribution in [0.1, 0.15) is 48.8 Å². The number of benzene rings is 3. The van der Waals surface area contributed by atoms with Crippen LogP contribution in [0, 0.1) is 0 Å². The van der Waals surface area contributed by atoms with E-state index in [1.807, 2.05) is 0 Å². The molecule has 27 heavy (non-hydrogen) atoms. The molecule has 5 rings (SSSR count). The Balaban J connectivity index is 1.79. The van der Waals surface area contributed by atoms with Gasteiger partial charge in [-0.05, 0) is 53.7 Å². The van der Waals surface area contributed by atoms with E-state index in [1.165, 1.54) is 44.5 Å². The average Bonchev–Trinajstić information content (AvgIpc) is 3.22. The van der Waals surface area contributed by atoms with Gasteiger partial charge in [0.05, 0.1) is 0 Å². The van der Waals surface area contributed by atoms with Crippen LogP contribution < -0.4 is 0 Å². The molecule has 0 fully saturated rings. The Morgan fingerprint density at radius 3 is 1.81 bits per heavy atom. The Bertz CT molecular complexity index is 1020. The predicted molar refractivity (Wildman–Crippen MR) is 114 cm³/mol. The minimum Gasteiger partial charge on any atom is -0.0772 e. The van der Waals surface area contributed by atoms with Gasteiger partial charge in [-0.2, -0.15) is 0 Å². The molecule has 0 spiro atoms.